The molecular weight excluding hydrogens is 427 g/mol. The molecule has 0 aromatic carbocycles. The average Bonchev–Trinajstić information content (AvgIpc) is 2.83. The first kappa shape index (κ1) is 20.6. The Morgan fingerprint density at radius 2 is 2.19 bits per heavy atom. The molecule has 1 aromatic rings. The molecule has 0 saturated carbocycles. The number of hydrogen-bond acceptors (Lipinski definition) is 5. The van der Waals surface area contributed by atoms with Gasteiger partial charge in [0.05, 0.1) is 13.2 Å². The molecule has 0 bridgehead atoms. The highest BCUT2D eigenvalue weighted by Gasteiger charge is 2.11. The molecule has 0 aliphatic heterocycles. The number of nitrogens with two attached hydrogens (primary N) is 1. The number of primary sulfonamides is 1. The Labute approximate surface area is 146 Å². The first-order valence-electron chi connectivity index (χ1n) is 5.94. The fourth-order valence-electron chi connectivity index (χ4n) is 1.50. The van der Waals surface area contributed by atoms with Gasteiger partial charge in [-0.05, 0) is 19.1 Å². The maximum absolute atomic E-state index is 11.2. The van der Waals surface area contributed by atoms with Crippen LogP contribution in [0.25, 0.3) is 0 Å². The Balaban J connectivity index is 0.00000400. The van der Waals surface area contributed by atoms with E-state index in [1.165, 1.54) is 6.07 Å². The van der Waals surface area contributed by atoms with Gasteiger partial charge < -0.3 is 15.4 Å². The third-order valence-corrected chi connectivity index (χ3v) is 4.89. The molecule has 1 rings (SSSR count). The number of aliphatic imine (C=N–C) groups is 1. The molecule has 0 amide bonds. The first-order chi connectivity index (χ1) is 9.36. The predicted molar refractivity (Wildman–Crippen MR) is 95.8 cm³/mol. The van der Waals surface area contributed by atoms with Crippen LogP contribution in [0.3, 0.4) is 0 Å². The van der Waals surface area contributed by atoms with Crippen LogP contribution in [-0.2, 0) is 21.3 Å². The number of thiophene rings is 1. The van der Waals surface area contributed by atoms with Gasteiger partial charge in [0.15, 0.2) is 5.96 Å². The number of methoxy groups -OCH3 is 1. The predicted octanol–water partition coefficient (Wildman–Crippen LogP) is 0.713. The number of halogens is 1. The summed E-state index contributed by atoms with van der Waals surface area (Å²) in [4.78, 5) is 4.94. The highest BCUT2D eigenvalue weighted by atomic mass is 127. The summed E-state index contributed by atoms with van der Waals surface area (Å²) in [5.74, 6) is 0.625. The summed E-state index contributed by atoms with van der Waals surface area (Å²) < 4.78 is 27.5. The zero-order valence-electron chi connectivity index (χ0n) is 12.1. The van der Waals surface area contributed by atoms with Crippen molar-refractivity contribution in [3.8, 4) is 0 Å². The van der Waals surface area contributed by atoms with E-state index in [4.69, 9.17) is 9.88 Å². The molecule has 10 heteroatoms. The quantitative estimate of drug-likeness (QED) is 0.338. The van der Waals surface area contributed by atoms with Crippen LogP contribution in [0.4, 0.5) is 0 Å². The SMILES string of the molecule is CN=C(NCc1ccc(S(N)(=O)=O)s1)NC(C)COC.I. The minimum absolute atomic E-state index is 0. The number of ether oxygens (including phenoxy) is 1. The molecule has 1 atom stereocenters. The number of sulfonamides is 1. The molecule has 1 aromatic heterocycles. The number of hydrogen-bond donors (Lipinski definition) is 3. The van der Waals surface area contributed by atoms with Crippen molar-refractivity contribution in [1.29, 1.82) is 0 Å². The summed E-state index contributed by atoms with van der Waals surface area (Å²) in [6.45, 7) is 3.01. The average molecular weight is 448 g/mol. The smallest absolute Gasteiger partial charge is 0.247 e. The van der Waals surface area contributed by atoms with Crippen molar-refractivity contribution < 1.29 is 13.2 Å². The number of rotatable bonds is 6. The molecule has 7 nitrogen and oxygen atoms in total. The highest BCUT2D eigenvalue weighted by Crippen LogP contribution is 2.19. The number of guanidine groups is 1. The van der Waals surface area contributed by atoms with E-state index in [1.54, 1.807) is 20.2 Å². The molecule has 1 unspecified atom stereocenters. The topological polar surface area (TPSA) is 106 Å². The molecule has 0 fully saturated rings. The standard InChI is InChI=1S/C11H20N4O3S2.HI/c1-8(7-18-3)15-11(13-2)14-6-9-4-5-10(19-9)20(12,16)17;/h4-5,8H,6-7H2,1-3H3,(H2,12,16,17)(H2,13,14,15);1H. The maximum atomic E-state index is 11.2. The van der Waals surface area contributed by atoms with Crippen molar-refractivity contribution in [2.24, 2.45) is 10.1 Å². The fourth-order valence-corrected chi connectivity index (χ4v) is 3.22. The van der Waals surface area contributed by atoms with E-state index in [9.17, 15) is 8.42 Å². The van der Waals surface area contributed by atoms with Crippen LogP contribution in [0, 0.1) is 0 Å². The minimum Gasteiger partial charge on any atom is -0.383 e. The van der Waals surface area contributed by atoms with Gasteiger partial charge in [0.1, 0.15) is 4.21 Å². The van der Waals surface area contributed by atoms with Crippen molar-refractivity contribution in [3.05, 3.63) is 17.0 Å². The Morgan fingerprint density at radius 1 is 1.52 bits per heavy atom. The lowest BCUT2D eigenvalue weighted by Crippen LogP contribution is -2.43. The van der Waals surface area contributed by atoms with Crippen LogP contribution in [0.2, 0.25) is 0 Å². The van der Waals surface area contributed by atoms with E-state index >= 15 is 0 Å². The summed E-state index contributed by atoms with van der Waals surface area (Å²) in [6, 6.07) is 3.35. The van der Waals surface area contributed by atoms with E-state index in [0.29, 0.717) is 19.1 Å². The van der Waals surface area contributed by atoms with Crippen LogP contribution in [0.15, 0.2) is 21.3 Å². The van der Waals surface area contributed by atoms with E-state index in [1.807, 2.05) is 6.92 Å². The second-order valence-electron chi connectivity index (χ2n) is 4.19. The van der Waals surface area contributed by atoms with Gasteiger partial charge in [-0.3, -0.25) is 4.99 Å². The summed E-state index contributed by atoms with van der Waals surface area (Å²) in [5, 5.41) is 11.3. The van der Waals surface area contributed by atoms with Gasteiger partial charge in [0.2, 0.25) is 10.0 Å². The second-order valence-corrected chi connectivity index (χ2v) is 7.15. The Hall–Kier alpha value is -0.430. The third kappa shape index (κ3) is 7.40. The lowest BCUT2D eigenvalue weighted by Gasteiger charge is -2.16. The molecule has 0 aliphatic rings. The summed E-state index contributed by atoms with van der Waals surface area (Å²) in [7, 11) is -0.325. The highest BCUT2D eigenvalue weighted by molar-refractivity contribution is 14.0. The lowest BCUT2D eigenvalue weighted by atomic mass is 10.4. The van der Waals surface area contributed by atoms with Gasteiger partial charge >= 0.3 is 0 Å². The minimum atomic E-state index is -3.62. The maximum Gasteiger partial charge on any atom is 0.247 e. The summed E-state index contributed by atoms with van der Waals surface area (Å²) >= 11 is 1.14. The van der Waals surface area contributed by atoms with Crippen LogP contribution in [0.1, 0.15) is 11.8 Å². The Bertz CT molecular complexity index is 560. The van der Waals surface area contributed by atoms with Crippen LogP contribution < -0.4 is 15.8 Å². The van der Waals surface area contributed by atoms with E-state index in [-0.39, 0.29) is 34.2 Å². The van der Waals surface area contributed by atoms with Gasteiger partial charge in [0, 0.05) is 25.1 Å². The first-order valence-corrected chi connectivity index (χ1v) is 8.30. The van der Waals surface area contributed by atoms with Gasteiger partial charge in [-0.2, -0.15) is 0 Å². The molecule has 122 valence electrons. The Morgan fingerprint density at radius 3 is 2.67 bits per heavy atom. The molecule has 1 heterocycles. The normalized spacial score (nSPS) is 13.4. The van der Waals surface area contributed by atoms with E-state index in [2.05, 4.69) is 15.6 Å². The third-order valence-electron chi connectivity index (χ3n) is 2.37. The van der Waals surface area contributed by atoms with Crippen LogP contribution in [-0.4, -0.2) is 41.2 Å². The van der Waals surface area contributed by atoms with Crippen molar-refractivity contribution in [2.45, 2.75) is 23.7 Å². The van der Waals surface area contributed by atoms with E-state index < -0.39 is 10.0 Å². The lowest BCUT2D eigenvalue weighted by molar-refractivity contribution is 0.179. The van der Waals surface area contributed by atoms with Gasteiger partial charge in [-0.25, -0.2) is 13.6 Å². The van der Waals surface area contributed by atoms with Gasteiger partial charge in [0.25, 0.3) is 0 Å². The summed E-state index contributed by atoms with van der Waals surface area (Å²) in [6.07, 6.45) is 0. The Kier molecular flexibility index (Phi) is 9.36. The van der Waals surface area contributed by atoms with Gasteiger partial charge in [-0.15, -0.1) is 35.3 Å². The van der Waals surface area contributed by atoms with Crippen molar-refractivity contribution in [3.63, 3.8) is 0 Å². The number of nitrogens with zero attached hydrogens (tertiary/aromatic N) is 1. The zero-order chi connectivity index (χ0) is 15.2. The largest absolute Gasteiger partial charge is 0.383 e. The zero-order valence-corrected chi connectivity index (χ0v) is 16.1. The molecule has 0 saturated heterocycles. The molecule has 0 spiro atoms. The van der Waals surface area contributed by atoms with Crippen LogP contribution in [0.5, 0.6) is 0 Å². The molecule has 0 aliphatic carbocycles. The number of nitrogens with one attached hydrogen (secondary N) is 2. The monoisotopic (exact) mass is 448 g/mol. The summed E-state index contributed by atoms with van der Waals surface area (Å²) in [5.41, 5.74) is 0. The van der Waals surface area contributed by atoms with Crippen molar-refractivity contribution in [1.82, 2.24) is 10.6 Å². The second kappa shape index (κ2) is 9.56. The van der Waals surface area contributed by atoms with Gasteiger partial charge in [-0.1, -0.05) is 0 Å². The van der Waals surface area contributed by atoms with Crippen molar-refractivity contribution in [2.75, 3.05) is 20.8 Å². The molecule has 21 heavy (non-hydrogen) atoms. The molecular formula is C11H21IN4O3S2. The van der Waals surface area contributed by atoms with E-state index in [0.717, 1.165) is 16.2 Å². The molecule has 0 radical (unpaired) electrons. The molecule has 4 N–H and O–H groups in total. The van der Waals surface area contributed by atoms with Crippen molar-refractivity contribution >= 4 is 51.3 Å². The van der Waals surface area contributed by atoms with Crippen LogP contribution >= 0.6 is 35.3 Å². The fraction of sp³-hybridized carbons (Fsp3) is 0.545.